The highest BCUT2D eigenvalue weighted by Crippen LogP contribution is 1.92. The van der Waals surface area contributed by atoms with Gasteiger partial charge in [-0.1, -0.05) is 12.8 Å². The van der Waals surface area contributed by atoms with Gasteiger partial charge in [-0.05, 0) is 26.4 Å². The molecule has 0 aliphatic carbocycles. The van der Waals surface area contributed by atoms with Crippen molar-refractivity contribution >= 4 is 5.91 Å². The first-order valence-corrected chi connectivity index (χ1v) is 4.64. The molecule has 0 aromatic heterocycles. The normalized spacial score (nSPS) is 11.8. The van der Waals surface area contributed by atoms with Gasteiger partial charge >= 0.3 is 0 Å². The molecule has 0 saturated heterocycles. The lowest BCUT2D eigenvalue weighted by molar-refractivity contribution is -0.121. The predicted molar refractivity (Wildman–Crippen MR) is 54.2 cm³/mol. The van der Waals surface area contributed by atoms with Crippen molar-refractivity contribution in [3.05, 3.63) is 0 Å². The van der Waals surface area contributed by atoms with Gasteiger partial charge in [0, 0.05) is 6.42 Å². The Bertz CT molecular complexity index is 184. The van der Waals surface area contributed by atoms with Gasteiger partial charge < -0.3 is 10.6 Å². The first-order chi connectivity index (χ1) is 6.24. The Kier molecular flexibility index (Phi) is 7.04. The summed E-state index contributed by atoms with van der Waals surface area (Å²) >= 11 is 0. The van der Waals surface area contributed by atoms with E-state index in [1.54, 1.807) is 0 Å². The number of terminal acetylenes is 1. The van der Waals surface area contributed by atoms with E-state index in [-0.39, 0.29) is 11.9 Å². The van der Waals surface area contributed by atoms with Crippen LogP contribution in [0.4, 0.5) is 0 Å². The molecule has 2 N–H and O–H groups in total. The van der Waals surface area contributed by atoms with Crippen LogP contribution >= 0.6 is 0 Å². The Morgan fingerprint density at radius 2 is 2.31 bits per heavy atom. The zero-order valence-corrected chi connectivity index (χ0v) is 8.39. The maximum absolute atomic E-state index is 11.2. The zero-order chi connectivity index (χ0) is 10.1. The van der Waals surface area contributed by atoms with Crippen LogP contribution in [-0.4, -0.2) is 25.5 Å². The number of rotatable bonds is 6. The van der Waals surface area contributed by atoms with E-state index in [0.717, 1.165) is 19.4 Å². The van der Waals surface area contributed by atoms with Crippen LogP contribution < -0.4 is 10.6 Å². The van der Waals surface area contributed by atoms with Crippen LogP contribution in [0.25, 0.3) is 0 Å². The van der Waals surface area contributed by atoms with Crippen LogP contribution in [-0.2, 0) is 4.79 Å². The van der Waals surface area contributed by atoms with Gasteiger partial charge in [0.2, 0.25) is 5.91 Å². The molecular weight excluding hydrogens is 164 g/mol. The molecule has 1 unspecified atom stereocenters. The molecule has 3 nitrogen and oxygen atoms in total. The first-order valence-electron chi connectivity index (χ1n) is 4.64. The number of hydrogen-bond acceptors (Lipinski definition) is 2. The molecule has 0 rings (SSSR count). The van der Waals surface area contributed by atoms with Crippen molar-refractivity contribution in [2.75, 3.05) is 13.6 Å². The molecule has 1 amide bonds. The van der Waals surface area contributed by atoms with Crippen molar-refractivity contribution < 1.29 is 4.79 Å². The van der Waals surface area contributed by atoms with E-state index >= 15 is 0 Å². The Balaban J connectivity index is 3.56. The van der Waals surface area contributed by atoms with Crippen LogP contribution in [0.3, 0.4) is 0 Å². The number of carbonyl (C=O) groups excluding carboxylic acids is 1. The quantitative estimate of drug-likeness (QED) is 0.464. The Morgan fingerprint density at radius 3 is 2.77 bits per heavy atom. The maximum atomic E-state index is 11.2. The number of amides is 1. The van der Waals surface area contributed by atoms with E-state index in [1.807, 2.05) is 14.0 Å². The van der Waals surface area contributed by atoms with E-state index in [0.29, 0.717) is 6.42 Å². The fourth-order valence-corrected chi connectivity index (χ4v) is 0.954. The molecule has 0 heterocycles. The highest BCUT2D eigenvalue weighted by atomic mass is 16.1. The summed E-state index contributed by atoms with van der Waals surface area (Å²) in [5.74, 6) is 2.57. The lowest BCUT2D eigenvalue weighted by atomic mass is 10.2. The minimum Gasteiger partial charge on any atom is -0.342 e. The van der Waals surface area contributed by atoms with E-state index in [2.05, 4.69) is 16.6 Å². The summed E-state index contributed by atoms with van der Waals surface area (Å²) in [4.78, 5) is 11.2. The molecular formula is C10H18N2O. The van der Waals surface area contributed by atoms with Gasteiger partial charge in [-0.3, -0.25) is 4.79 Å². The molecule has 0 aromatic rings. The second kappa shape index (κ2) is 7.63. The highest BCUT2D eigenvalue weighted by Gasteiger charge is 2.05. The lowest BCUT2D eigenvalue weighted by Crippen LogP contribution is -2.33. The Morgan fingerprint density at radius 1 is 1.62 bits per heavy atom. The fourth-order valence-electron chi connectivity index (χ4n) is 0.954. The molecule has 0 aromatic carbocycles. The summed E-state index contributed by atoms with van der Waals surface area (Å²) in [6.45, 7) is 2.82. The number of carbonyl (C=O) groups is 1. The van der Waals surface area contributed by atoms with Crippen LogP contribution in [0.2, 0.25) is 0 Å². The van der Waals surface area contributed by atoms with Crippen molar-refractivity contribution in [3.63, 3.8) is 0 Å². The minimum atomic E-state index is -0.109. The van der Waals surface area contributed by atoms with Crippen molar-refractivity contribution in [2.45, 2.75) is 32.2 Å². The molecule has 0 radical (unpaired) electrons. The first kappa shape index (κ1) is 12.0. The van der Waals surface area contributed by atoms with Gasteiger partial charge in [0.05, 0.1) is 6.04 Å². The summed E-state index contributed by atoms with van der Waals surface area (Å²) in [7, 11) is 1.87. The Hall–Kier alpha value is -1.01. The van der Waals surface area contributed by atoms with E-state index in [9.17, 15) is 4.79 Å². The number of nitrogens with one attached hydrogen (secondary N) is 2. The third-order valence-electron chi connectivity index (χ3n) is 1.78. The third-order valence-corrected chi connectivity index (χ3v) is 1.78. The van der Waals surface area contributed by atoms with E-state index in [1.165, 1.54) is 0 Å². The van der Waals surface area contributed by atoms with Crippen LogP contribution in [0.5, 0.6) is 0 Å². The Labute approximate surface area is 80.3 Å². The summed E-state index contributed by atoms with van der Waals surface area (Å²) in [5.41, 5.74) is 0. The minimum absolute atomic E-state index is 0.0417. The molecule has 0 aliphatic heterocycles. The molecule has 1 atom stereocenters. The van der Waals surface area contributed by atoms with Gasteiger partial charge in [0.1, 0.15) is 0 Å². The van der Waals surface area contributed by atoms with Crippen LogP contribution in [0.1, 0.15) is 26.2 Å². The molecule has 0 aliphatic rings. The van der Waals surface area contributed by atoms with Crippen molar-refractivity contribution in [2.24, 2.45) is 0 Å². The van der Waals surface area contributed by atoms with Gasteiger partial charge in [0.15, 0.2) is 0 Å². The van der Waals surface area contributed by atoms with E-state index in [4.69, 9.17) is 6.42 Å². The summed E-state index contributed by atoms with van der Waals surface area (Å²) < 4.78 is 0. The van der Waals surface area contributed by atoms with Crippen LogP contribution in [0.15, 0.2) is 0 Å². The highest BCUT2D eigenvalue weighted by molar-refractivity contribution is 5.76. The lowest BCUT2D eigenvalue weighted by Gasteiger charge is -2.10. The molecule has 0 saturated carbocycles. The average molecular weight is 182 g/mol. The molecule has 13 heavy (non-hydrogen) atoms. The average Bonchev–Trinajstić information content (AvgIpc) is 2.14. The van der Waals surface area contributed by atoms with Crippen molar-refractivity contribution in [1.82, 2.24) is 10.6 Å². The summed E-state index contributed by atoms with van der Waals surface area (Å²) in [6.07, 6.45) is 7.39. The van der Waals surface area contributed by atoms with Gasteiger partial charge in [0.25, 0.3) is 0 Å². The molecule has 3 heteroatoms. The molecule has 0 bridgehead atoms. The van der Waals surface area contributed by atoms with Crippen LogP contribution in [0, 0.1) is 12.3 Å². The largest absolute Gasteiger partial charge is 0.342 e. The second-order valence-corrected chi connectivity index (χ2v) is 2.90. The second-order valence-electron chi connectivity index (χ2n) is 2.90. The monoisotopic (exact) mass is 182 g/mol. The van der Waals surface area contributed by atoms with Gasteiger partial charge in [-0.2, -0.15) is 0 Å². The predicted octanol–water partition coefficient (Wildman–Crippen LogP) is 0.514. The molecule has 0 fully saturated rings. The van der Waals surface area contributed by atoms with Gasteiger partial charge in [-0.25, -0.2) is 0 Å². The van der Waals surface area contributed by atoms with E-state index < -0.39 is 0 Å². The molecule has 0 spiro atoms. The number of hydrogen-bond donors (Lipinski definition) is 2. The zero-order valence-electron chi connectivity index (χ0n) is 8.39. The summed E-state index contributed by atoms with van der Waals surface area (Å²) in [5, 5.41) is 5.76. The standard InChI is InChI=1S/C10H18N2O/c1-4-9(5-2)12-10(13)7-6-8-11-3/h1,9,11H,5-8H2,2-3H3,(H,12,13). The SMILES string of the molecule is C#CC(CC)NC(=O)CCCNC. The van der Waals surface area contributed by atoms with Gasteiger partial charge in [-0.15, -0.1) is 6.42 Å². The maximum Gasteiger partial charge on any atom is 0.221 e. The topological polar surface area (TPSA) is 41.1 Å². The van der Waals surface area contributed by atoms with Crippen molar-refractivity contribution in [1.29, 1.82) is 0 Å². The fraction of sp³-hybridized carbons (Fsp3) is 0.700. The third kappa shape index (κ3) is 6.18. The van der Waals surface area contributed by atoms with Crippen molar-refractivity contribution in [3.8, 4) is 12.3 Å². The molecule has 74 valence electrons. The smallest absolute Gasteiger partial charge is 0.221 e. The summed E-state index contributed by atoms with van der Waals surface area (Å²) in [6, 6.07) is -0.109.